The lowest BCUT2D eigenvalue weighted by Crippen LogP contribution is -2.40. The van der Waals surface area contributed by atoms with Gasteiger partial charge in [0.25, 0.3) is 0 Å². The molecule has 0 spiro atoms. The lowest BCUT2D eigenvalue weighted by molar-refractivity contribution is -0.168. The summed E-state index contributed by atoms with van der Waals surface area (Å²) in [7, 11) is 0. The number of nitrogens with two attached hydrogens (primary N) is 1. The molecule has 4 nitrogen and oxygen atoms in total. The lowest BCUT2D eigenvalue weighted by atomic mass is 10.0. The highest BCUT2D eigenvalue weighted by Gasteiger charge is 2.46. The van der Waals surface area contributed by atoms with Gasteiger partial charge >= 0.3 is 11.9 Å². The fourth-order valence-electron chi connectivity index (χ4n) is 0.902. The van der Waals surface area contributed by atoms with Crippen molar-refractivity contribution in [3.63, 3.8) is 0 Å². The van der Waals surface area contributed by atoms with E-state index in [4.69, 9.17) is 10.8 Å². The average Bonchev–Trinajstić information content (AvgIpc) is 2.17. The van der Waals surface area contributed by atoms with E-state index in [1.54, 1.807) is 0 Å². The van der Waals surface area contributed by atoms with Crippen LogP contribution in [-0.2, 0) is 4.79 Å². The highest BCUT2D eigenvalue weighted by molar-refractivity contribution is 5.76. The summed E-state index contributed by atoms with van der Waals surface area (Å²) in [5.74, 6) is -6.22. The standard InChI is InChI=1S/C8H8F2N2O2/c9-8(10,7(13)14)6(11)5-2-1-3-12-4-5/h1-4,6H,11H2,(H,13,14). The van der Waals surface area contributed by atoms with Crippen LogP contribution in [0.4, 0.5) is 8.78 Å². The van der Waals surface area contributed by atoms with Gasteiger partial charge in [0, 0.05) is 12.4 Å². The molecule has 0 aromatic carbocycles. The first-order valence-corrected chi connectivity index (χ1v) is 3.73. The number of carbonyl (C=O) groups is 1. The Morgan fingerprint density at radius 1 is 1.64 bits per heavy atom. The summed E-state index contributed by atoms with van der Waals surface area (Å²) < 4.78 is 25.7. The minimum Gasteiger partial charge on any atom is -0.477 e. The van der Waals surface area contributed by atoms with Crippen molar-refractivity contribution in [2.45, 2.75) is 12.0 Å². The molecular weight excluding hydrogens is 194 g/mol. The number of rotatable bonds is 3. The molecular formula is C8H8F2N2O2. The molecule has 0 bridgehead atoms. The Morgan fingerprint density at radius 3 is 2.71 bits per heavy atom. The van der Waals surface area contributed by atoms with Crippen LogP contribution in [0.1, 0.15) is 11.6 Å². The van der Waals surface area contributed by atoms with Crippen molar-refractivity contribution >= 4 is 5.97 Å². The molecule has 0 aliphatic carbocycles. The average molecular weight is 202 g/mol. The number of aromatic nitrogens is 1. The summed E-state index contributed by atoms with van der Waals surface area (Å²) in [6.45, 7) is 0. The molecule has 0 fully saturated rings. The van der Waals surface area contributed by atoms with Gasteiger partial charge in [-0.25, -0.2) is 4.79 Å². The molecule has 1 heterocycles. The maximum Gasteiger partial charge on any atom is 0.376 e. The van der Waals surface area contributed by atoms with E-state index in [9.17, 15) is 13.6 Å². The molecule has 0 aliphatic rings. The molecule has 1 atom stereocenters. The van der Waals surface area contributed by atoms with Crippen LogP contribution in [0.15, 0.2) is 24.5 Å². The maximum atomic E-state index is 12.9. The SMILES string of the molecule is NC(c1cccnc1)C(F)(F)C(=O)O. The third kappa shape index (κ3) is 1.85. The van der Waals surface area contributed by atoms with Crippen molar-refractivity contribution in [1.29, 1.82) is 0 Å². The van der Waals surface area contributed by atoms with Crippen LogP contribution in [0, 0.1) is 0 Å². The van der Waals surface area contributed by atoms with Gasteiger partial charge in [-0.2, -0.15) is 8.78 Å². The Bertz CT molecular complexity index is 329. The van der Waals surface area contributed by atoms with Gasteiger partial charge in [0.15, 0.2) is 0 Å². The molecule has 0 radical (unpaired) electrons. The Hall–Kier alpha value is -1.56. The molecule has 0 saturated heterocycles. The second kappa shape index (κ2) is 3.67. The molecule has 0 aliphatic heterocycles. The van der Waals surface area contributed by atoms with E-state index < -0.39 is 17.9 Å². The zero-order valence-electron chi connectivity index (χ0n) is 7.02. The number of hydrogen-bond acceptors (Lipinski definition) is 3. The fraction of sp³-hybridized carbons (Fsp3) is 0.250. The predicted octanol–water partition coefficient (Wildman–Crippen LogP) is 0.801. The van der Waals surface area contributed by atoms with Crippen molar-refractivity contribution < 1.29 is 18.7 Å². The number of carboxylic acid groups (broad SMARTS) is 1. The zero-order valence-corrected chi connectivity index (χ0v) is 7.02. The summed E-state index contributed by atoms with van der Waals surface area (Å²) >= 11 is 0. The molecule has 1 rings (SSSR count). The number of hydrogen-bond donors (Lipinski definition) is 2. The minimum atomic E-state index is -3.98. The second-order valence-electron chi connectivity index (χ2n) is 2.69. The first-order valence-electron chi connectivity index (χ1n) is 3.73. The van der Waals surface area contributed by atoms with E-state index in [0.717, 1.165) is 6.20 Å². The van der Waals surface area contributed by atoms with E-state index in [-0.39, 0.29) is 5.56 Å². The third-order valence-electron chi connectivity index (χ3n) is 1.72. The molecule has 1 aromatic heterocycles. The number of pyridine rings is 1. The van der Waals surface area contributed by atoms with Gasteiger partial charge in [-0.1, -0.05) is 6.07 Å². The second-order valence-corrected chi connectivity index (χ2v) is 2.69. The van der Waals surface area contributed by atoms with Crippen molar-refractivity contribution in [3.8, 4) is 0 Å². The van der Waals surface area contributed by atoms with Crippen molar-refractivity contribution in [2.75, 3.05) is 0 Å². The molecule has 0 amide bonds. The van der Waals surface area contributed by atoms with E-state index >= 15 is 0 Å². The fourth-order valence-corrected chi connectivity index (χ4v) is 0.902. The largest absolute Gasteiger partial charge is 0.477 e. The van der Waals surface area contributed by atoms with Crippen molar-refractivity contribution in [3.05, 3.63) is 30.1 Å². The van der Waals surface area contributed by atoms with Crippen LogP contribution in [0.25, 0.3) is 0 Å². The first kappa shape index (κ1) is 10.5. The highest BCUT2D eigenvalue weighted by atomic mass is 19.3. The molecule has 1 unspecified atom stereocenters. The van der Waals surface area contributed by atoms with Gasteiger partial charge in [-0.15, -0.1) is 0 Å². The van der Waals surface area contributed by atoms with Crippen molar-refractivity contribution in [1.82, 2.24) is 4.98 Å². The molecule has 3 N–H and O–H groups in total. The summed E-state index contributed by atoms with van der Waals surface area (Å²) in [4.78, 5) is 13.8. The Morgan fingerprint density at radius 2 is 2.29 bits per heavy atom. The summed E-state index contributed by atoms with van der Waals surface area (Å²) in [6, 6.07) is 0.829. The van der Waals surface area contributed by atoms with Crippen LogP contribution < -0.4 is 5.73 Å². The van der Waals surface area contributed by atoms with Crippen LogP contribution in [0.3, 0.4) is 0 Å². The Labute approximate surface area is 78.4 Å². The van der Waals surface area contributed by atoms with Crippen LogP contribution in [0.5, 0.6) is 0 Å². The number of aliphatic carboxylic acids is 1. The highest BCUT2D eigenvalue weighted by Crippen LogP contribution is 2.28. The van der Waals surface area contributed by atoms with Crippen LogP contribution >= 0.6 is 0 Å². The number of carboxylic acids is 1. The van der Waals surface area contributed by atoms with Gasteiger partial charge in [0.1, 0.15) is 6.04 Å². The minimum absolute atomic E-state index is 0.0140. The van der Waals surface area contributed by atoms with E-state index in [1.807, 2.05) is 0 Å². The summed E-state index contributed by atoms with van der Waals surface area (Å²) in [5, 5.41) is 8.22. The lowest BCUT2D eigenvalue weighted by Gasteiger charge is -2.18. The smallest absolute Gasteiger partial charge is 0.376 e. The van der Waals surface area contributed by atoms with E-state index in [0.29, 0.717) is 0 Å². The quantitative estimate of drug-likeness (QED) is 0.760. The number of alkyl halides is 2. The molecule has 1 aromatic rings. The van der Waals surface area contributed by atoms with Gasteiger partial charge in [0.2, 0.25) is 0 Å². The Balaban J connectivity index is 2.96. The van der Waals surface area contributed by atoms with Gasteiger partial charge < -0.3 is 10.8 Å². The maximum absolute atomic E-state index is 12.9. The van der Waals surface area contributed by atoms with E-state index in [2.05, 4.69) is 4.98 Å². The normalized spacial score (nSPS) is 13.6. The molecule has 6 heteroatoms. The molecule has 14 heavy (non-hydrogen) atoms. The zero-order chi connectivity index (χ0) is 10.8. The number of nitrogens with zero attached hydrogens (tertiary/aromatic N) is 1. The molecule has 0 saturated carbocycles. The van der Waals surface area contributed by atoms with E-state index in [1.165, 1.54) is 18.3 Å². The Kier molecular flexibility index (Phi) is 2.76. The summed E-state index contributed by atoms with van der Waals surface area (Å²) in [6.07, 6.45) is 2.50. The summed E-state index contributed by atoms with van der Waals surface area (Å²) in [5.41, 5.74) is 5.09. The predicted molar refractivity (Wildman–Crippen MR) is 43.7 cm³/mol. The monoisotopic (exact) mass is 202 g/mol. The molecule has 76 valence electrons. The van der Waals surface area contributed by atoms with Gasteiger partial charge in [-0.3, -0.25) is 4.98 Å². The number of halogens is 2. The van der Waals surface area contributed by atoms with Gasteiger partial charge in [-0.05, 0) is 11.6 Å². The topological polar surface area (TPSA) is 76.2 Å². The van der Waals surface area contributed by atoms with Crippen LogP contribution in [0.2, 0.25) is 0 Å². The van der Waals surface area contributed by atoms with Gasteiger partial charge in [0.05, 0.1) is 0 Å². The third-order valence-corrected chi connectivity index (χ3v) is 1.72. The van der Waals surface area contributed by atoms with Crippen LogP contribution in [-0.4, -0.2) is 22.0 Å². The first-order chi connectivity index (χ1) is 6.46. The van der Waals surface area contributed by atoms with Crippen molar-refractivity contribution in [2.24, 2.45) is 5.73 Å².